The molecule has 0 saturated heterocycles. The Balaban J connectivity index is 2.04. The summed E-state index contributed by atoms with van der Waals surface area (Å²) in [5, 5.41) is 0.622. The molecule has 23 heavy (non-hydrogen) atoms. The van der Waals surface area contributed by atoms with Crippen molar-refractivity contribution in [3.63, 3.8) is 0 Å². The van der Waals surface area contributed by atoms with Gasteiger partial charge in [0.1, 0.15) is 11.6 Å². The van der Waals surface area contributed by atoms with Crippen molar-refractivity contribution in [1.82, 2.24) is 0 Å². The Morgan fingerprint density at radius 1 is 1.22 bits per heavy atom. The molecule has 0 spiro atoms. The number of rotatable bonds is 3. The minimum Gasteiger partial charge on any atom is -0.497 e. The molecule has 120 valence electrons. The summed E-state index contributed by atoms with van der Waals surface area (Å²) in [6.07, 6.45) is 0.925. The van der Waals surface area contributed by atoms with Gasteiger partial charge in [0.15, 0.2) is 5.17 Å². The highest BCUT2D eigenvalue weighted by Gasteiger charge is 2.29. The van der Waals surface area contributed by atoms with E-state index in [4.69, 9.17) is 10.5 Å². The van der Waals surface area contributed by atoms with Gasteiger partial charge in [0, 0.05) is 11.8 Å². The molecule has 0 aliphatic carbocycles. The zero-order valence-corrected chi connectivity index (χ0v) is 14.0. The number of benzene rings is 2. The van der Waals surface area contributed by atoms with Gasteiger partial charge in [0.2, 0.25) is 0 Å². The molecule has 1 heterocycles. The Hall–Kier alpha value is -2.01. The lowest BCUT2D eigenvalue weighted by Crippen LogP contribution is -2.28. The van der Waals surface area contributed by atoms with Crippen LogP contribution in [0.25, 0.3) is 11.1 Å². The van der Waals surface area contributed by atoms with Crippen LogP contribution >= 0.6 is 11.8 Å². The van der Waals surface area contributed by atoms with Crippen LogP contribution in [0.4, 0.5) is 4.39 Å². The number of ether oxygens (including phenoxy) is 1. The standard InChI is InChI=1S/C18H19FN2OS/c1-18(6-7-23-17(20)21-18)14-5-3-4-12(8-14)13-9-15(19)11-16(10-13)22-2/h3-5,8-11H,6-7H2,1-2H3,(H2,20,21)/t18-/m0/s1. The number of halogens is 1. The lowest BCUT2D eigenvalue weighted by Gasteiger charge is -2.30. The van der Waals surface area contributed by atoms with Crippen LogP contribution in [0.15, 0.2) is 47.5 Å². The molecule has 0 amide bonds. The molecular formula is C18H19FN2OS. The number of nitrogens with two attached hydrogens (primary N) is 1. The maximum absolute atomic E-state index is 13.8. The highest BCUT2D eigenvalue weighted by atomic mass is 32.2. The molecule has 0 bridgehead atoms. The van der Waals surface area contributed by atoms with Gasteiger partial charge in [-0.1, -0.05) is 30.0 Å². The molecule has 0 radical (unpaired) electrons. The summed E-state index contributed by atoms with van der Waals surface area (Å²) >= 11 is 1.58. The van der Waals surface area contributed by atoms with Gasteiger partial charge in [-0.05, 0) is 48.2 Å². The third kappa shape index (κ3) is 3.34. The predicted octanol–water partition coefficient (Wildman–Crippen LogP) is 4.17. The molecule has 3 rings (SSSR count). The molecule has 0 saturated carbocycles. The van der Waals surface area contributed by atoms with Crippen molar-refractivity contribution in [1.29, 1.82) is 0 Å². The minimum atomic E-state index is -0.331. The predicted molar refractivity (Wildman–Crippen MR) is 94.4 cm³/mol. The molecular weight excluding hydrogens is 311 g/mol. The highest BCUT2D eigenvalue weighted by molar-refractivity contribution is 8.13. The fraction of sp³-hybridized carbons (Fsp3) is 0.278. The fourth-order valence-electron chi connectivity index (χ4n) is 2.78. The van der Waals surface area contributed by atoms with Crippen LogP contribution in [0.3, 0.4) is 0 Å². The number of hydrogen-bond acceptors (Lipinski definition) is 4. The van der Waals surface area contributed by atoms with Crippen LogP contribution in [0.2, 0.25) is 0 Å². The normalized spacial score (nSPS) is 20.9. The van der Waals surface area contributed by atoms with Crippen molar-refractivity contribution in [2.45, 2.75) is 18.9 Å². The summed E-state index contributed by atoms with van der Waals surface area (Å²) in [6.45, 7) is 2.09. The third-order valence-corrected chi connectivity index (χ3v) is 4.92. The zero-order chi connectivity index (χ0) is 16.4. The Morgan fingerprint density at radius 3 is 2.78 bits per heavy atom. The van der Waals surface area contributed by atoms with Crippen molar-refractivity contribution in [2.75, 3.05) is 12.9 Å². The second-order valence-electron chi connectivity index (χ2n) is 5.78. The van der Waals surface area contributed by atoms with Crippen molar-refractivity contribution in [3.8, 4) is 16.9 Å². The Kier molecular flexibility index (Phi) is 4.31. The Bertz CT molecular complexity index is 762. The molecule has 0 aromatic heterocycles. The van der Waals surface area contributed by atoms with E-state index in [0.717, 1.165) is 28.9 Å². The van der Waals surface area contributed by atoms with Gasteiger partial charge >= 0.3 is 0 Å². The zero-order valence-electron chi connectivity index (χ0n) is 13.2. The van der Waals surface area contributed by atoms with Crippen LogP contribution in [0.1, 0.15) is 18.9 Å². The molecule has 1 aliphatic rings. The monoisotopic (exact) mass is 330 g/mol. The molecule has 1 aliphatic heterocycles. The quantitative estimate of drug-likeness (QED) is 0.919. The van der Waals surface area contributed by atoms with Crippen molar-refractivity contribution < 1.29 is 9.13 Å². The van der Waals surface area contributed by atoms with E-state index in [1.807, 2.05) is 24.3 Å². The third-order valence-electron chi connectivity index (χ3n) is 4.12. The minimum absolute atomic E-state index is 0.313. The van der Waals surface area contributed by atoms with Gasteiger partial charge in [-0.3, -0.25) is 4.99 Å². The van der Waals surface area contributed by atoms with Crippen LogP contribution < -0.4 is 10.5 Å². The number of nitrogens with zero attached hydrogens (tertiary/aromatic N) is 1. The van der Waals surface area contributed by atoms with Gasteiger partial charge in [0.25, 0.3) is 0 Å². The van der Waals surface area contributed by atoms with E-state index in [9.17, 15) is 4.39 Å². The number of amidine groups is 1. The molecule has 0 fully saturated rings. The first kappa shape index (κ1) is 15.9. The highest BCUT2D eigenvalue weighted by Crippen LogP contribution is 2.37. The topological polar surface area (TPSA) is 47.6 Å². The summed E-state index contributed by atoms with van der Waals surface area (Å²) in [5.41, 5.74) is 8.38. The second kappa shape index (κ2) is 6.24. The largest absolute Gasteiger partial charge is 0.497 e. The maximum atomic E-state index is 13.8. The summed E-state index contributed by atoms with van der Waals surface area (Å²) in [4.78, 5) is 4.63. The number of hydrogen-bond donors (Lipinski definition) is 1. The van der Waals surface area contributed by atoms with E-state index in [1.165, 1.54) is 19.2 Å². The molecule has 5 heteroatoms. The van der Waals surface area contributed by atoms with E-state index >= 15 is 0 Å². The lowest BCUT2D eigenvalue weighted by atomic mass is 9.88. The second-order valence-corrected chi connectivity index (χ2v) is 6.90. The summed E-state index contributed by atoms with van der Waals surface area (Å²) in [7, 11) is 1.53. The lowest BCUT2D eigenvalue weighted by molar-refractivity contribution is 0.411. The first-order valence-electron chi connectivity index (χ1n) is 7.44. The van der Waals surface area contributed by atoms with Gasteiger partial charge in [-0.2, -0.15) is 0 Å². The first-order chi connectivity index (χ1) is 11.0. The van der Waals surface area contributed by atoms with Crippen LogP contribution in [-0.2, 0) is 5.54 Å². The van der Waals surface area contributed by atoms with Gasteiger partial charge in [0.05, 0.1) is 12.6 Å². The number of methoxy groups -OCH3 is 1. The molecule has 0 unspecified atom stereocenters. The van der Waals surface area contributed by atoms with E-state index in [1.54, 1.807) is 11.8 Å². The van der Waals surface area contributed by atoms with Crippen LogP contribution in [0.5, 0.6) is 5.75 Å². The summed E-state index contributed by atoms with van der Waals surface area (Å²) in [6, 6.07) is 12.8. The van der Waals surface area contributed by atoms with Crippen molar-refractivity contribution >= 4 is 16.9 Å². The summed E-state index contributed by atoms with van der Waals surface area (Å²) in [5.74, 6) is 1.14. The van der Waals surface area contributed by atoms with Crippen LogP contribution in [-0.4, -0.2) is 18.0 Å². The number of thioether (sulfide) groups is 1. The van der Waals surface area contributed by atoms with E-state index in [-0.39, 0.29) is 11.4 Å². The maximum Gasteiger partial charge on any atom is 0.154 e. The Labute approximate surface area is 139 Å². The molecule has 2 aromatic rings. The summed E-state index contributed by atoms with van der Waals surface area (Å²) < 4.78 is 18.9. The van der Waals surface area contributed by atoms with Crippen LogP contribution in [0, 0.1) is 5.82 Å². The smallest absolute Gasteiger partial charge is 0.154 e. The van der Waals surface area contributed by atoms with E-state index in [2.05, 4.69) is 18.0 Å². The fourth-order valence-corrected chi connectivity index (χ4v) is 3.75. The van der Waals surface area contributed by atoms with Gasteiger partial charge in [-0.15, -0.1) is 0 Å². The average molecular weight is 330 g/mol. The van der Waals surface area contributed by atoms with E-state index < -0.39 is 0 Å². The van der Waals surface area contributed by atoms with Crippen molar-refractivity contribution in [3.05, 3.63) is 53.8 Å². The molecule has 2 aromatic carbocycles. The Morgan fingerprint density at radius 2 is 2.04 bits per heavy atom. The van der Waals surface area contributed by atoms with Crippen molar-refractivity contribution in [2.24, 2.45) is 10.7 Å². The first-order valence-corrected chi connectivity index (χ1v) is 8.42. The van der Waals surface area contributed by atoms with Gasteiger partial charge < -0.3 is 10.5 Å². The number of aliphatic imine (C=N–C) groups is 1. The van der Waals surface area contributed by atoms with Gasteiger partial charge in [-0.25, -0.2) is 4.39 Å². The molecule has 2 N–H and O–H groups in total. The SMILES string of the molecule is COc1cc(F)cc(-c2cccc([C@]3(C)CCSC(N)=N3)c2)c1. The molecule has 1 atom stereocenters. The average Bonchev–Trinajstić information content (AvgIpc) is 2.54. The van der Waals surface area contributed by atoms with E-state index in [0.29, 0.717) is 10.9 Å². The molecule has 3 nitrogen and oxygen atoms in total.